The fourth-order valence-corrected chi connectivity index (χ4v) is 4.07. The maximum Gasteiger partial charge on any atom is 0.276 e. The second-order valence-corrected chi connectivity index (χ2v) is 7.09. The zero-order valence-corrected chi connectivity index (χ0v) is 14.4. The second kappa shape index (κ2) is 6.42. The molecule has 4 rings (SSSR count). The van der Waals surface area contributed by atoms with E-state index in [2.05, 4.69) is 5.16 Å². The summed E-state index contributed by atoms with van der Waals surface area (Å²) in [6.07, 6.45) is 1.86. The lowest BCUT2D eigenvalue weighted by molar-refractivity contribution is 0.0725. The van der Waals surface area contributed by atoms with E-state index >= 15 is 0 Å². The highest BCUT2D eigenvalue weighted by Crippen LogP contribution is 2.36. The SMILES string of the molecule is O=C(c1cc(-c2cccs2)on1)N1CCCC1c1ccccc1Cl. The molecule has 1 unspecified atom stereocenters. The molecule has 3 heterocycles. The predicted octanol–water partition coefficient (Wildman–Crippen LogP) is 5.03. The van der Waals surface area contributed by atoms with Crippen molar-refractivity contribution in [3.8, 4) is 10.6 Å². The van der Waals surface area contributed by atoms with Crippen LogP contribution < -0.4 is 0 Å². The van der Waals surface area contributed by atoms with Crippen LogP contribution in [0.2, 0.25) is 5.02 Å². The van der Waals surface area contributed by atoms with Crippen LogP contribution in [0.5, 0.6) is 0 Å². The number of aromatic nitrogens is 1. The van der Waals surface area contributed by atoms with Crippen molar-refractivity contribution in [2.24, 2.45) is 0 Å². The number of carbonyl (C=O) groups is 1. The minimum absolute atomic E-state index is 0.00640. The molecule has 0 bridgehead atoms. The molecule has 1 fully saturated rings. The van der Waals surface area contributed by atoms with Gasteiger partial charge < -0.3 is 9.42 Å². The monoisotopic (exact) mass is 358 g/mol. The molecule has 24 heavy (non-hydrogen) atoms. The smallest absolute Gasteiger partial charge is 0.276 e. The molecule has 2 aromatic heterocycles. The molecule has 3 aromatic rings. The molecular weight excluding hydrogens is 344 g/mol. The van der Waals surface area contributed by atoms with E-state index in [1.54, 1.807) is 17.4 Å². The summed E-state index contributed by atoms with van der Waals surface area (Å²) in [6, 6.07) is 13.3. The Balaban J connectivity index is 1.61. The molecule has 0 saturated carbocycles. The minimum Gasteiger partial charge on any atom is -0.355 e. The molecule has 0 spiro atoms. The van der Waals surface area contributed by atoms with Gasteiger partial charge >= 0.3 is 0 Å². The summed E-state index contributed by atoms with van der Waals surface area (Å²) in [5.74, 6) is 0.519. The molecule has 0 N–H and O–H groups in total. The summed E-state index contributed by atoms with van der Waals surface area (Å²) in [7, 11) is 0. The van der Waals surface area contributed by atoms with Crippen LogP contribution in [0.15, 0.2) is 52.4 Å². The van der Waals surface area contributed by atoms with Gasteiger partial charge in [-0.15, -0.1) is 11.3 Å². The first kappa shape index (κ1) is 15.4. The van der Waals surface area contributed by atoms with Crippen LogP contribution in [0.4, 0.5) is 0 Å². The van der Waals surface area contributed by atoms with Crippen LogP contribution in [-0.4, -0.2) is 22.5 Å². The Labute approximate surface area is 148 Å². The largest absolute Gasteiger partial charge is 0.355 e. The minimum atomic E-state index is -0.107. The molecular formula is C18H15ClN2O2S. The highest BCUT2D eigenvalue weighted by atomic mass is 35.5. The Hall–Kier alpha value is -2.11. The van der Waals surface area contributed by atoms with E-state index < -0.39 is 0 Å². The Morgan fingerprint density at radius 2 is 2.17 bits per heavy atom. The number of hydrogen-bond acceptors (Lipinski definition) is 4. The van der Waals surface area contributed by atoms with Crippen LogP contribution in [-0.2, 0) is 0 Å². The van der Waals surface area contributed by atoms with E-state index in [1.165, 1.54) is 0 Å². The average molecular weight is 359 g/mol. The molecule has 1 saturated heterocycles. The quantitative estimate of drug-likeness (QED) is 0.659. The summed E-state index contributed by atoms with van der Waals surface area (Å²) < 4.78 is 5.34. The van der Waals surface area contributed by atoms with Gasteiger partial charge in [-0.1, -0.05) is 41.0 Å². The number of amides is 1. The predicted molar refractivity (Wildman–Crippen MR) is 94.3 cm³/mol. The van der Waals surface area contributed by atoms with Gasteiger partial charge in [-0.05, 0) is 35.9 Å². The molecule has 122 valence electrons. The van der Waals surface area contributed by atoms with Gasteiger partial charge in [0.2, 0.25) is 0 Å². The Bertz CT molecular complexity index is 860. The van der Waals surface area contributed by atoms with Gasteiger partial charge in [0, 0.05) is 17.6 Å². The summed E-state index contributed by atoms with van der Waals surface area (Å²) in [5, 5.41) is 6.64. The van der Waals surface area contributed by atoms with Gasteiger partial charge in [0.25, 0.3) is 5.91 Å². The van der Waals surface area contributed by atoms with Crippen molar-refractivity contribution in [2.45, 2.75) is 18.9 Å². The van der Waals surface area contributed by atoms with Crippen molar-refractivity contribution < 1.29 is 9.32 Å². The Morgan fingerprint density at radius 1 is 1.29 bits per heavy atom. The van der Waals surface area contributed by atoms with Crippen molar-refractivity contribution >= 4 is 28.8 Å². The van der Waals surface area contributed by atoms with E-state index in [-0.39, 0.29) is 11.9 Å². The number of rotatable bonds is 3. The number of carbonyl (C=O) groups excluding carboxylic acids is 1. The first-order chi connectivity index (χ1) is 11.7. The molecule has 1 amide bonds. The van der Waals surface area contributed by atoms with Gasteiger partial charge in [-0.2, -0.15) is 0 Å². The fraction of sp³-hybridized carbons (Fsp3) is 0.222. The van der Waals surface area contributed by atoms with Crippen molar-refractivity contribution in [1.29, 1.82) is 0 Å². The zero-order valence-electron chi connectivity index (χ0n) is 12.8. The number of likely N-dealkylation sites (tertiary alicyclic amines) is 1. The van der Waals surface area contributed by atoms with E-state index in [0.717, 1.165) is 23.3 Å². The fourth-order valence-electron chi connectivity index (χ4n) is 3.14. The van der Waals surface area contributed by atoms with Crippen LogP contribution in [0.3, 0.4) is 0 Å². The Morgan fingerprint density at radius 3 is 2.96 bits per heavy atom. The van der Waals surface area contributed by atoms with E-state index in [4.69, 9.17) is 16.1 Å². The van der Waals surface area contributed by atoms with Crippen molar-refractivity contribution in [2.75, 3.05) is 6.54 Å². The Kier molecular flexibility index (Phi) is 4.12. The maximum absolute atomic E-state index is 12.9. The van der Waals surface area contributed by atoms with Crippen LogP contribution in [0, 0.1) is 0 Å². The average Bonchev–Trinajstić information content (AvgIpc) is 3.34. The maximum atomic E-state index is 12.9. The van der Waals surface area contributed by atoms with Gasteiger partial charge in [-0.3, -0.25) is 4.79 Å². The van der Waals surface area contributed by atoms with Gasteiger partial charge in [0.05, 0.1) is 10.9 Å². The molecule has 1 aromatic carbocycles. The van der Waals surface area contributed by atoms with E-state index in [0.29, 0.717) is 23.0 Å². The van der Waals surface area contributed by atoms with Crippen LogP contribution in [0.1, 0.15) is 34.9 Å². The molecule has 4 nitrogen and oxygen atoms in total. The third-order valence-electron chi connectivity index (χ3n) is 4.27. The highest BCUT2D eigenvalue weighted by Gasteiger charge is 2.33. The van der Waals surface area contributed by atoms with Crippen LogP contribution >= 0.6 is 22.9 Å². The number of thiophene rings is 1. The lowest BCUT2D eigenvalue weighted by atomic mass is 10.0. The molecule has 0 aliphatic carbocycles. The van der Waals surface area contributed by atoms with Crippen molar-refractivity contribution in [1.82, 2.24) is 10.1 Å². The van der Waals surface area contributed by atoms with Gasteiger partial charge in [-0.25, -0.2) is 0 Å². The summed E-state index contributed by atoms with van der Waals surface area (Å²) in [6.45, 7) is 0.704. The standard InChI is InChI=1S/C18H15ClN2O2S/c19-13-6-2-1-5-12(13)15-7-3-9-21(15)18(22)14-11-16(23-20-14)17-8-4-10-24-17/h1-2,4-6,8,10-11,15H,3,7,9H2. The zero-order chi connectivity index (χ0) is 16.5. The summed E-state index contributed by atoms with van der Waals surface area (Å²) in [4.78, 5) is 15.7. The number of nitrogens with zero attached hydrogens (tertiary/aromatic N) is 2. The van der Waals surface area contributed by atoms with Gasteiger partial charge in [0.15, 0.2) is 11.5 Å². The molecule has 1 aliphatic rings. The summed E-state index contributed by atoms with van der Waals surface area (Å²) >= 11 is 7.88. The molecule has 1 aliphatic heterocycles. The normalized spacial score (nSPS) is 17.4. The van der Waals surface area contributed by atoms with Crippen molar-refractivity contribution in [3.63, 3.8) is 0 Å². The second-order valence-electron chi connectivity index (χ2n) is 5.73. The number of halogens is 1. The third-order valence-corrected chi connectivity index (χ3v) is 5.50. The molecule has 6 heteroatoms. The topological polar surface area (TPSA) is 46.3 Å². The first-order valence-corrected chi connectivity index (χ1v) is 9.06. The van der Waals surface area contributed by atoms with Gasteiger partial charge in [0.1, 0.15) is 0 Å². The third kappa shape index (κ3) is 2.74. The van der Waals surface area contributed by atoms with Crippen LogP contribution in [0.25, 0.3) is 10.6 Å². The molecule has 1 atom stereocenters. The number of hydrogen-bond donors (Lipinski definition) is 0. The first-order valence-electron chi connectivity index (χ1n) is 7.80. The van der Waals surface area contributed by atoms with E-state index in [1.807, 2.05) is 46.7 Å². The lowest BCUT2D eigenvalue weighted by Gasteiger charge is -2.24. The number of benzene rings is 1. The highest BCUT2D eigenvalue weighted by molar-refractivity contribution is 7.13. The lowest BCUT2D eigenvalue weighted by Crippen LogP contribution is -2.30. The molecule has 0 radical (unpaired) electrons. The summed E-state index contributed by atoms with van der Waals surface area (Å²) in [5.41, 5.74) is 1.34. The van der Waals surface area contributed by atoms with Crippen molar-refractivity contribution in [3.05, 3.63) is 64.1 Å². The van der Waals surface area contributed by atoms with E-state index in [9.17, 15) is 4.79 Å².